The van der Waals surface area contributed by atoms with Gasteiger partial charge in [0.15, 0.2) is 5.75 Å². The van der Waals surface area contributed by atoms with E-state index in [0.717, 1.165) is 16.7 Å². The minimum absolute atomic E-state index is 0.0490. The highest BCUT2D eigenvalue weighted by Crippen LogP contribution is 2.32. The molecule has 1 aromatic heterocycles. The first-order chi connectivity index (χ1) is 18.0. The zero-order valence-electron chi connectivity index (χ0n) is 19.9. The third kappa shape index (κ3) is 7.05. The van der Waals surface area contributed by atoms with Crippen molar-refractivity contribution in [1.82, 2.24) is 10.3 Å². The van der Waals surface area contributed by atoms with E-state index in [1.807, 2.05) is 84.9 Å². The number of halogens is 1. The van der Waals surface area contributed by atoms with Gasteiger partial charge in [0.1, 0.15) is 18.1 Å². The van der Waals surface area contributed by atoms with Gasteiger partial charge in [-0.15, -0.1) is 0 Å². The maximum Gasteiger partial charge on any atom is 0.412 e. The summed E-state index contributed by atoms with van der Waals surface area (Å²) in [4.78, 5) is 29.0. The van der Waals surface area contributed by atoms with Crippen LogP contribution >= 0.6 is 15.9 Å². The molecular weight excluding hydrogens is 536 g/mol. The lowest BCUT2D eigenvalue weighted by Gasteiger charge is -2.13. The second-order valence-corrected chi connectivity index (χ2v) is 8.62. The van der Waals surface area contributed by atoms with Crippen molar-refractivity contribution in [3.63, 3.8) is 0 Å². The van der Waals surface area contributed by atoms with Crippen molar-refractivity contribution in [3.05, 3.63) is 119 Å². The molecule has 186 valence electrons. The molecule has 1 heterocycles. The fourth-order valence-electron chi connectivity index (χ4n) is 3.39. The quantitative estimate of drug-likeness (QED) is 0.190. The molecule has 0 aliphatic carbocycles. The Hall–Kier alpha value is -4.43. The molecule has 0 aliphatic heterocycles. The Bertz CT molecular complexity index is 1390. The van der Waals surface area contributed by atoms with E-state index in [1.54, 1.807) is 6.20 Å². The summed E-state index contributed by atoms with van der Waals surface area (Å²) in [6.45, 7) is 0.0490. The average molecular weight is 559 g/mol. The zero-order chi connectivity index (χ0) is 26.0. The molecule has 4 aromatic rings. The fraction of sp³-hybridized carbons (Fsp3) is 0.0690. The number of ether oxygens (including phenoxy) is 3. The first kappa shape index (κ1) is 25.7. The fourth-order valence-corrected chi connectivity index (χ4v) is 3.82. The van der Waals surface area contributed by atoms with Crippen molar-refractivity contribution in [1.29, 1.82) is 0 Å². The molecule has 0 saturated heterocycles. The molecule has 1 amide bonds. The van der Waals surface area contributed by atoms with Crippen LogP contribution in [0.4, 0.5) is 4.79 Å². The Balaban J connectivity index is 1.54. The van der Waals surface area contributed by atoms with Gasteiger partial charge in [-0.2, -0.15) is 0 Å². The monoisotopic (exact) mass is 558 g/mol. The topological polar surface area (TPSA) is 86.8 Å². The van der Waals surface area contributed by atoms with Crippen molar-refractivity contribution < 1.29 is 23.8 Å². The number of methoxy groups -OCH3 is 1. The van der Waals surface area contributed by atoms with Crippen LogP contribution in [0.2, 0.25) is 0 Å². The van der Waals surface area contributed by atoms with Gasteiger partial charge in [-0.05, 0) is 50.8 Å². The van der Waals surface area contributed by atoms with Crippen LogP contribution in [0.5, 0.6) is 11.5 Å². The SMILES string of the molecule is COC(=O)/C(=C/c1c(Br)cncc1Oc1ccc(-c2ccccc2)cc1)NC(=O)OCc1ccccc1. The second-order valence-electron chi connectivity index (χ2n) is 7.76. The van der Waals surface area contributed by atoms with Crippen molar-refractivity contribution in [3.8, 4) is 22.6 Å². The lowest BCUT2D eigenvalue weighted by atomic mass is 10.1. The maximum absolute atomic E-state index is 12.4. The average Bonchev–Trinajstić information content (AvgIpc) is 2.94. The van der Waals surface area contributed by atoms with Gasteiger partial charge >= 0.3 is 12.1 Å². The van der Waals surface area contributed by atoms with Crippen molar-refractivity contribution in [2.45, 2.75) is 6.61 Å². The number of nitrogens with zero attached hydrogens (tertiary/aromatic N) is 1. The molecule has 1 N–H and O–H groups in total. The largest absolute Gasteiger partial charge is 0.464 e. The van der Waals surface area contributed by atoms with Crippen LogP contribution < -0.4 is 10.1 Å². The van der Waals surface area contributed by atoms with Gasteiger partial charge in [-0.3, -0.25) is 10.3 Å². The van der Waals surface area contributed by atoms with Crippen LogP contribution in [0.3, 0.4) is 0 Å². The Kier molecular flexibility index (Phi) is 8.67. The van der Waals surface area contributed by atoms with Gasteiger partial charge in [0.2, 0.25) is 0 Å². The van der Waals surface area contributed by atoms with Gasteiger partial charge in [-0.25, -0.2) is 9.59 Å². The van der Waals surface area contributed by atoms with Gasteiger partial charge in [0, 0.05) is 16.2 Å². The molecule has 0 atom stereocenters. The van der Waals surface area contributed by atoms with Gasteiger partial charge in [0.25, 0.3) is 0 Å². The molecule has 0 spiro atoms. The number of esters is 1. The minimum Gasteiger partial charge on any atom is -0.464 e. The second kappa shape index (κ2) is 12.5. The minimum atomic E-state index is -0.801. The zero-order valence-corrected chi connectivity index (χ0v) is 21.5. The lowest BCUT2D eigenvalue weighted by Crippen LogP contribution is -2.28. The molecule has 0 radical (unpaired) electrons. The number of amides is 1. The number of nitrogens with one attached hydrogen (secondary N) is 1. The number of aromatic nitrogens is 1. The first-order valence-corrected chi connectivity index (χ1v) is 12.1. The number of hydrogen-bond acceptors (Lipinski definition) is 6. The highest BCUT2D eigenvalue weighted by Gasteiger charge is 2.18. The van der Waals surface area contributed by atoms with E-state index in [-0.39, 0.29) is 12.3 Å². The van der Waals surface area contributed by atoms with E-state index in [1.165, 1.54) is 19.4 Å². The number of pyridine rings is 1. The summed E-state index contributed by atoms with van der Waals surface area (Å²) in [7, 11) is 1.22. The third-order valence-electron chi connectivity index (χ3n) is 5.24. The molecule has 8 heteroatoms. The molecule has 0 bridgehead atoms. The number of rotatable bonds is 8. The summed E-state index contributed by atoms with van der Waals surface area (Å²) in [5.41, 5.74) is 3.30. The number of hydrogen-bond donors (Lipinski definition) is 1. The predicted molar refractivity (Wildman–Crippen MR) is 144 cm³/mol. The Morgan fingerprint density at radius 3 is 2.22 bits per heavy atom. The summed E-state index contributed by atoms with van der Waals surface area (Å²) in [5.74, 6) is 0.185. The number of alkyl carbamates (subject to hydrolysis) is 1. The van der Waals surface area contributed by atoms with Crippen LogP contribution in [0.15, 0.2) is 107 Å². The van der Waals surface area contributed by atoms with Crippen LogP contribution in [0.25, 0.3) is 17.2 Å². The summed E-state index contributed by atoms with van der Waals surface area (Å²) in [6.07, 6.45) is 3.71. The van der Waals surface area contributed by atoms with Crippen LogP contribution in [0.1, 0.15) is 11.1 Å². The molecule has 7 nitrogen and oxygen atoms in total. The van der Waals surface area contributed by atoms with Crippen molar-refractivity contribution in [2.75, 3.05) is 7.11 Å². The van der Waals surface area contributed by atoms with Gasteiger partial charge < -0.3 is 14.2 Å². The summed E-state index contributed by atoms with van der Waals surface area (Å²) < 4.78 is 16.7. The standard InChI is InChI=1S/C29H23BrN2O5/c1-35-28(33)26(32-29(34)36-19-20-8-4-2-5-9-20)16-24-25(30)17-31-18-27(24)37-23-14-12-22(13-15-23)21-10-6-3-7-11-21/h2-18H,19H2,1H3,(H,32,34)/b26-16-. The van der Waals surface area contributed by atoms with Gasteiger partial charge in [-0.1, -0.05) is 72.8 Å². The van der Waals surface area contributed by atoms with Crippen molar-refractivity contribution in [2.24, 2.45) is 0 Å². The summed E-state index contributed by atoms with van der Waals surface area (Å²) >= 11 is 3.45. The third-order valence-corrected chi connectivity index (χ3v) is 5.87. The highest BCUT2D eigenvalue weighted by atomic mass is 79.9. The molecule has 0 saturated carbocycles. The van der Waals surface area contributed by atoms with Crippen molar-refractivity contribution >= 4 is 34.1 Å². The van der Waals surface area contributed by atoms with Crippen LogP contribution in [0, 0.1) is 0 Å². The van der Waals surface area contributed by atoms with E-state index in [9.17, 15) is 9.59 Å². The van der Waals surface area contributed by atoms with E-state index >= 15 is 0 Å². The van der Waals surface area contributed by atoms with E-state index in [2.05, 4.69) is 26.2 Å². The lowest BCUT2D eigenvalue weighted by molar-refractivity contribution is -0.136. The Morgan fingerprint density at radius 1 is 0.892 bits per heavy atom. The van der Waals surface area contributed by atoms with Gasteiger partial charge in [0.05, 0.1) is 13.3 Å². The Morgan fingerprint density at radius 2 is 1.54 bits per heavy atom. The smallest absolute Gasteiger partial charge is 0.412 e. The van der Waals surface area contributed by atoms with E-state index in [0.29, 0.717) is 21.5 Å². The maximum atomic E-state index is 12.4. The van der Waals surface area contributed by atoms with Crippen LogP contribution in [-0.2, 0) is 20.9 Å². The van der Waals surface area contributed by atoms with E-state index in [4.69, 9.17) is 14.2 Å². The molecule has 3 aromatic carbocycles. The van der Waals surface area contributed by atoms with E-state index < -0.39 is 12.1 Å². The molecule has 4 rings (SSSR count). The number of carbonyl (C=O) groups is 2. The molecule has 0 fully saturated rings. The molecule has 0 aliphatic rings. The normalized spacial score (nSPS) is 10.9. The summed E-state index contributed by atoms with van der Waals surface area (Å²) in [6, 6.07) is 26.8. The highest BCUT2D eigenvalue weighted by molar-refractivity contribution is 9.10. The predicted octanol–water partition coefficient (Wildman–Crippen LogP) is 6.74. The molecular formula is C29H23BrN2O5. The number of carbonyl (C=O) groups excluding carboxylic acids is 2. The molecule has 37 heavy (non-hydrogen) atoms. The molecule has 0 unspecified atom stereocenters. The number of benzene rings is 3. The van der Waals surface area contributed by atoms with Crippen LogP contribution in [-0.4, -0.2) is 24.2 Å². The summed E-state index contributed by atoms with van der Waals surface area (Å²) in [5, 5.41) is 2.46. The Labute approximate surface area is 222 Å². The first-order valence-electron chi connectivity index (χ1n) is 11.3.